The molecule has 8 nitrogen and oxygen atoms in total. The van der Waals surface area contributed by atoms with Crippen LogP contribution in [-0.4, -0.2) is 41.6 Å². The highest BCUT2D eigenvalue weighted by Crippen LogP contribution is 2.40. The average Bonchev–Trinajstić information content (AvgIpc) is 3.44. The van der Waals surface area contributed by atoms with E-state index in [2.05, 4.69) is 18.3 Å². The number of amides is 1. The fourth-order valence-electron chi connectivity index (χ4n) is 5.05. The molecule has 0 bridgehead atoms. The summed E-state index contributed by atoms with van der Waals surface area (Å²) in [4.78, 5) is 25.9. The first kappa shape index (κ1) is 22.5. The number of ether oxygens (including phenoxy) is 3. The summed E-state index contributed by atoms with van der Waals surface area (Å²) in [5.41, 5.74) is 2.63. The number of hydrogen-bond acceptors (Lipinski definition) is 5. The van der Waals surface area contributed by atoms with E-state index < -0.39 is 0 Å². The second-order valence-corrected chi connectivity index (χ2v) is 9.06. The van der Waals surface area contributed by atoms with E-state index in [0.717, 1.165) is 47.4 Å². The molecule has 0 spiro atoms. The maximum atomic E-state index is 13.0. The van der Waals surface area contributed by atoms with Crippen LogP contribution in [0.4, 0.5) is 0 Å². The summed E-state index contributed by atoms with van der Waals surface area (Å²) in [7, 11) is 0. The first-order valence-electron chi connectivity index (χ1n) is 12.0. The molecule has 1 aromatic heterocycles. The number of para-hydroxylation sites is 2. The van der Waals surface area contributed by atoms with Crippen molar-refractivity contribution in [2.45, 2.75) is 51.1 Å². The van der Waals surface area contributed by atoms with Crippen LogP contribution in [0.3, 0.4) is 0 Å². The van der Waals surface area contributed by atoms with Crippen LogP contribution < -0.4 is 20.5 Å². The molecule has 3 heterocycles. The molecule has 0 unspecified atom stereocenters. The smallest absolute Gasteiger partial charge is 0.329 e. The van der Waals surface area contributed by atoms with Gasteiger partial charge in [-0.25, -0.2) is 4.79 Å². The summed E-state index contributed by atoms with van der Waals surface area (Å²) >= 11 is 0. The SMILES string of the molecule is CCCn1c(=O)n(CCC(=O)NCC2(c3ccc4c(c3)OCO4)CCOCC2)c2ccccc21. The van der Waals surface area contributed by atoms with E-state index in [4.69, 9.17) is 14.2 Å². The van der Waals surface area contributed by atoms with Gasteiger partial charge in [0, 0.05) is 44.7 Å². The van der Waals surface area contributed by atoms with Crippen LogP contribution in [0.1, 0.15) is 38.2 Å². The van der Waals surface area contributed by atoms with E-state index in [1.54, 1.807) is 9.13 Å². The molecule has 2 aromatic carbocycles. The second-order valence-electron chi connectivity index (χ2n) is 9.06. The van der Waals surface area contributed by atoms with Gasteiger partial charge >= 0.3 is 5.69 Å². The Balaban J connectivity index is 1.29. The highest BCUT2D eigenvalue weighted by Gasteiger charge is 2.36. The van der Waals surface area contributed by atoms with Crippen molar-refractivity contribution in [3.8, 4) is 11.5 Å². The molecular weight excluding hydrogens is 434 g/mol. The molecule has 2 aliphatic rings. The van der Waals surface area contributed by atoms with Crippen LogP contribution in [0.15, 0.2) is 47.3 Å². The van der Waals surface area contributed by atoms with Gasteiger partial charge in [-0.05, 0) is 49.1 Å². The Morgan fingerprint density at radius 2 is 1.71 bits per heavy atom. The Morgan fingerprint density at radius 1 is 1.00 bits per heavy atom. The van der Waals surface area contributed by atoms with E-state index in [0.29, 0.717) is 32.8 Å². The molecule has 1 amide bonds. The Kier molecular flexibility index (Phi) is 6.32. The Labute approximate surface area is 198 Å². The van der Waals surface area contributed by atoms with Gasteiger partial charge in [-0.15, -0.1) is 0 Å². The number of aromatic nitrogens is 2. The van der Waals surface area contributed by atoms with Gasteiger partial charge in [0.15, 0.2) is 11.5 Å². The van der Waals surface area contributed by atoms with Crippen molar-refractivity contribution in [3.05, 3.63) is 58.5 Å². The number of aryl methyl sites for hydroxylation is 2. The number of benzene rings is 2. The van der Waals surface area contributed by atoms with Crippen molar-refractivity contribution < 1.29 is 19.0 Å². The summed E-state index contributed by atoms with van der Waals surface area (Å²) in [6.07, 6.45) is 2.75. The van der Waals surface area contributed by atoms with Crippen molar-refractivity contribution in [2.24, 2.45) is 0 Å². The van der Waals surface area contributed by atoms with Crippen LogP contribution >= 0.6 is 0 Å². The third-order valence-corrected chi connectivity index (χ3v) is 6.99. The van der Waals surface area contributed by atoms with Crippen molar-refractivity contribution >= 4 is 16.9 Å². The lowest BCUT2D eigenvalue weighted by molar-refractivity contribution is -0.121. The fraction of sp³-hybridized carbons (Fsp3) is 0.462. The topological polar surface area (TPSA) is 83.7 Å². The van der Waals surface area contributed by atoms with Crippen LogP contribution in [-0.2, 0) is 28.0 Å². The first-order chi connectivity index (χ1) is 16.6. The molecule has 34 heavy (non-hydrogen) atoms. The van der Waals surface area contributed by atoms with E-state index in [-0.39, 0.29) is 30.2 Å². The van der Waals surface area contributed by atoms with Crippen LogP contribution in [0.5, 0.6) is 11.5 Å². The molecule has 5 rings (SSSR count). The third kappa shape index (κ3) is 4.18. The number of nitrogens with one attached hydrogen (secondary N) is 1. The molecule has 1 N–H and O–H groups in total. The van der Waals surface area contributed by atoms with Crippen molar-refractivity contribution in [3.63, 3.8) is 0 Å². The molecule has 8 heteroatoms. The van der Waals surface area contributed by atoms with Crippen molar-refractivity contribution in [2.75, 3.05) is 26.6 Å². The molecule has 180 valence electrons. The van der Waals surface area contributed by atoms with Gasteiger partial charge in [0.05, 0.1) is 11.0 Å². The first-order valence-corrected chi connectivity index (χ1v) is 12.0. The Bertz CT molecular complexity index is 1240. The zero-order valence-electron chi connectivity index (χ0n) is 19.5. The second kappa shape index (κ2) is 9.54. The number of rotatable bonds is 8. The fourth-order valence-corrected chi connectivity index (χ4v) is 5.05. The number of imidazole rings is 1. The van der Waals surface area contributed by atoms with Gasteiger partial charge in [0.2, 0.25) is 12.7 Å². The highest BCUT2D eigenvalue weighted by molar-refractivity contribution is 5.78. The maximum absolute atomic E-state index is 13.0. The van der Waals surface area contributed by atoms with Crippen LogP contribution in [0.25, 0.3) is 11.0 Å². The Hall–Kier alpha value is -3.26. The predicted molar refractivity (Wildman–Crippen MR) is 128 cm³/mol. The van der Waals surface area contributed by atoms with Crippen molar-refractivity contribution in [1.29, 1.82) is 0 Å². The molecule has 0 saturated carbocycles. The predicted octanol–water partition coefficient (Wildman–Crippen LogP) is 3.20. The van der Waals surface area contributed by atoms with E-state index >= 15 is 0 Å². The molecule has 0 atom stereocenters. The third-order valence-electron chi connectivity index (χ3n) is 6.99. The standard InChI is InChI=1S/C26H31N3O5/c1-2-12-28-20-5-3-4-6-21(20)29(25(28)31)13-9-24(30)27-17-26(10-14-32-15-11-26)19-7-8-22-23(16-19)34-18-33-22/h3-8,16H,2,9-15,17-18H2,1H3,(H,27,30). The normalized spacial score (nSPS) is 16.6. The summed E-state index contributed by atoms with van der Waals surface area (Å²) in [5, 5.41) is 3.14. The summed E-state index contributed by atoms with van der Waals surface area (Å²) in [6.45, 7) is 5.12. The van der Waals surface area contributed by atoms with Gasteiger partial charge in [-0.3, -0.25) is 13.9 Å². The van der Waals surface area contributed by atoms with Gasteiger partial charge in [-0.2, -0.15) is 0 Å². The van der Waals surface area contributed by atoms with Crippen molar-refractivity contribution in [1.82, 2.24) is 14.5 Å². The maximum Gasteiger partial charge on any atom is 0.329 e. The zero-order chi connectivity index (χ0) is 23.5. The number of nitrogens with zero attached hydrogens (tertiary/aromatic N) is 2. The molecule has 0 aliphatic carbocycles. The average molecular weight is 466 g/mol. The molecule has 1 fully saturated rings. The Morgan fingerprint density at radius 3 is 2.44 bits per heavy atom. The van der Waals surface area contributed by atoms with E-state index in [1.165, 1.54) is 0 Å². The number of fused-ring (bicyclic) bond motifs is 2. The van der Waals surface area contributed by atoms with Gasteiger partial charge in [0.25, 0.3) is 0 Å². The number of hydrogen-bond donors (Lipinski definition) is 1. The van der Waals surface area contributed by atoms with Gasteiger partial charge < -0.3 is 19.5 Å². The summed E-state index contributed by atoms with van der Waals surface area (Å²) in [6, 6.07) is 13.8. The van der Waals surface area contributed by atoms with Gasteiger partial charge in [-0.1, -0.05) is 25.1 Å². The summed E-state index contributed by atoms with van der Waals surface area (Å²) in [5.74, 6) is 1.44. The minimum Gasteiger partial charge on any atom is -0.454 e. The van der Waals surface area contributed by atoms with E-state index in [9.17, 15) is 9.59 Å². The number of carbonyl (C=O) groups excluding carboxylic acids is 1. The number of carbonyl (C=O) groups is 1. The van der Waals surface area contributed by atoms with Gasteiger partial charge in [0.1, 0.15) is 0 Å². The lowest BCUT2D eigenvalue weighted by Gasteiger charge is -2.38. The quantitative estimate of drug-likeness (QED) is 0.552. The lowest BCUT2D eigenvalue weighted by atomic mass is 9.74. The molecular formula is C26H31N3O5. The minimum atomic E-state index is -0.219. The molecule has 0 radical (unpaired) electrons. The lowest BCUT2D eigenvalue weighted by Crippen LogP contribution is -2.44. The van der Waals surface area contributed by atoms with Crippen LogP contribution in [0.2, 0.25) is 0 Å². The highest BCUT2D eigenvalue weighted by atomic mass is 16.7. The minimum absolute atomic E-state index is 0.0582. The molecule has 3 aromatic rings. The van der Waals surface area contributed by atoms with E-state index in [1.807, 2.05) is 36.4 Å². The zero-order valence-corrected chi connectivity index (χ0v) is 19.5. The van der Waals surface area contributed by atoms with Crippen LogP contribution in [0, 0.1) is 0 Å². The summed E-state index contributed by atoms with van der Waals surface area (Å²) < 4.78 is 20.2. The molecule has 2 aliphatic heterocycles. The monoisotopic (exact) mass is 465 g/mol. The molecule has 1 saturated heterocycles. The largest absolute Gasteiger partial charge is 0.454 e.